The highest BCUT2D eigenvalue weighted by molar-refractivity contribution is 5.91. The number of imidazole rings is 1. The summed E-state index contributed by atoms with van der Waals surface area (Å²) in [6, 6.07) is 14.9. The lowest BCUT2D eigenvalue weighted by Crippen LogP contribution is -2.31. The van der Waals surface area contributed by atoms with Crippen LogP contribution >= 0.6 is 0 Å². The van der Waals surface area contributed by atoms with Crippen LogP contribution in [0.1, 0.15) is 20.8 Å². The molecule has 0 aliphatic rings. The van der Waals surface area contributed by atoms with Crippen LogP contribution in [0.5, 0.6) is 0 Å². The number of nitrogens with one attached hydrogen (secondary N) is 1. The van der Waals surface area contributed by atoms with E-state index in [-0.39, 0.29) is 23.6 Å². The number of rotatable bonds is 3. The van der Waals surface area contributed by atoms with Crippen molar-refractivity contribution in [2.45, 2.75) is 32.9 Å². The molecular weight excluding hydrogens is 354 g/mol. The van der Waals surface area contributed by atoms with Crippen LogP contribution in [0.2, 0.25) is 0 Å². The summed E-state index contributed by atoms with van der Waals surface area (Å²) >= 11 is 0. The van der Waals surface area contributed by atoms with E-state index in [0.717, 1.165) is 16.4 Å². The molecule has 1 amide bonds. The summed E-state index contributed by atoms with van der Waals surface area (Å²) in [6.07, 6.45) is 1.59. The molecule has 0 saturated carbocycles. The van der Waals surface area contributed by atoms with Gasteiger partial charge < -0.3 is 4.57 Å². The highest BCUT2D eigenvalue weighted by atomic mass is 16.2. The zero-order valence-corrected chi connectivity index (χ0v) is 16.0. The molecule has 0 saturated heterocycles. The molecule has 0 radical (unpaired) electrons. The summed E-state index contributed by atoms with van der Waals surface area (Å²) in [5.41, 5.74) is 1.16. The number of amides is 1. The smallest absolute Gasteiger partial charge is 0.275 e. The van der Waals surface area contributed by atoms with E-state index < -0.39 is 0 Å². The van der Waals surface area contributed by atoms with Crippen molar-refractivity contribution in [3.8, 4) is 0 Å². The summed E-state index contributed by atoms with van der Waals surface area (Å²) < 4.78 is 3.15. The maximum Gasteiger partial charge on any atom is 0.275 e. The molecule has 0 unspecified atom stereocenters. The van der Waals surface area contributed by atoms with E-state index in [0.29, 0.717) is 11.3 Å². The van der Waals surface area contributed by atoms with Crippen molar-refractivity contribution >= 4 is 33.7 Å². The van der Waals surface area contributed by atoms with Gasteiger partial charge in [-0.05, 0) is 39.0 Å². The fourth-order valence-electron chi connectivity index (χ4n) is 3.33. The Morgan fingerprint density at radius 3 is 2.57 bits per heavy atom. The Morgan fingerprint density at radius 1 is 1.07 bits per heavy atom. The monoisotopic (exact) mass is 375 g/mol. The van der Waals surface area contributed by atoms with Crippen LogP contribution < -0.4 is 10.9 Å². The number of para-hydroxylation sites is 2. The molecular formula is C21H21N5O2. The molecule has 142 valence electrons. The van der Waals surface area contributed by atoms with E-state index in [9.17, 15) is 9.59 Å². The van der Waals surface area contributed by atoms with Gasteiger partial charge in [-0.1, -0.05) is 30.3 Å². The third-order valence-corrected chi connectivity index (χ3v) is 4.54. The summed E-state index contributed by atoms with van der Waals surface area (Å²) in [5, 5.41) is 8.24. The number of carbonyl (C=O) groups excluding carboxylic acids is 1. The number of nitrogens with zero attached hydrogens (tertiary/aromatic N) is 4. The van der Waals surface area contributed by atoms with Gasteiger partial charge in [0.15, 0.2) is 0 Å². The Kier molecular flexibility index (Phi) is 4.22. The van der Waals surface area contributed by atoms with Crippen molar-refractivity contribution < 1.29 is 4.79 Å². The largest absolute Gasteiger partial charge is 0.305 e. The van der Waals surface area contributed by atoms with Gasteiger partial charge in [-0.25, -0.2) is 9.67 Å². The van der Waals surface area contributed by atoms with Crippen molar-refractivity contribution in [1.82, 2.24) is 19.3 Å². The SMILES string of the molecule is CC(C)(C)n1c(NC(=O)Cn2ncc3ccccc3c2=O)nc2ccccc21. The molecule has 7 heteroatoms. The van der Waals surface area contributed by atoms with E-state index in [1.54, 1.807) is 18.3 Å². The van der Waals surface area contributed by atoms with E-state index >= 15 is 0 Å². The third-order valence-electron chi connectivity index (χ3n) is 4.54. The minimum Gasteiger partial charge on any atom is -0.305 e. The van der Waals surface area contributed by atoms with E-state index in [1.165, 1.54) is 4.68 Å². The van der Waals surface area contributed by atoms with E-state index in [1.807, 2.05) is 61.7 Å². The van der Waals surface area contributed by atoms with Gasteiger partial charge in [0.2, 0.25) is 11.9 Å². The van der Waals surface area contributed by atoms with Crippen LogP contribution in [0.4, 0.5) is 5.95 Å². The molecule has 0 aliphatic heterocycles. The second kappa shape index (κ2) is 6.60. The van der Waals surface area contributed by atoms with Crippen LogP contribution in [0, 0.1) is 0 Å². The molecule has 28 heavy (non-hydrogen) atoms. The molecule has 0 fully saturated rings. The molecule has 0 spiro atoms. The Morgan fingerprint density at radius 2 is 1.79 bits per heavy atom. The number of hydrogen-bond donors (Lipinski definition) is 1. The maximum atomic E-state index is 12.7. The van der Waals surface area contributed by atoms with Crippen LogP contribution in [-0.4, -0.2) is 25.2 Å². The number of aromatic nitrogens is 4. The highest BCUT2D eigenvalue weighted by Gasteiger charge is 2.22. The standard InChI is InChI=1S/C21H21N5O2/c1-21(2,3)26-17-11-7-6-10-16(17)23-20(26)24-18(27)13-25-19(28)15-9-5-4-8-14(15)12-22-25/h4-12H,13H2,1-3H3,(H,23,24,27). The van der Waals surface area contributed by atoms with Gasteiger partial charge in [-0.3, -0.25) is 14.9 Å². The molecule has 0 atom stereocenters. The number of benzene rings is 2. The quantitative estimate of drug-likeness (QED) is 0.596. The van der Waals surface area contributed by atoms with Crippen molar-refractivity contribution in [3.05, 3.63) is 65.1 Å². The molecule has 2 aromatic heterocycles. The fourth-order valence-corrected chi connectivity index (χ4v) is 3.33. The molecule has 0 bridgehead atoms. The first-order valence-electron chi connectivity index (χ1n) is 9.07. The van der Waals surface area contributed by atoms with E-state index in [2.05, 4.69) is 15.4 Å². The first-order chi connectivity index (χ1) is 13.3. The highest BCUT2D eigenvalue weighted by Crippen LogP contribution is 2.27. The number of anilines is 1. The van der Waals surface area contributed by atoms with Crippen molar-refractivity contribution in [2.24, 2.45) is 0 Å². The predicted octanol–water partition coefficient (Wildman–Crippen LogP) is 3.14. The number of fused-ring (bicyclic) bond motifs is 2. The lowest BCUT2D eigenvalue weighted by Gasteiger charge is -2.24. The minimum atomic E-state index is -0.356. The summed E-state index contributed by atoms with van der Waals surface area (Å²) in [4.78, 5) is 29.8. The second-order valence-electron chi connectivity index (χ2n) is 7.67. The van der Waals surface area contributed by atoms with Gasteiger partial charge in [-0.15, -0.1) is 0 Å². The third kappa shape index (κ3) is 3.15. The van der Waals surface area contributed by atoms with E-state index in [4.69, 9.17) is 0 Å². The zero-order valence-electron chi connectivity index (χ0n) is 16.0. The summed E-state index contributed by atoms with van der Waals surface area (Å²) in [7, 11) is 0. The average Bonchev–Trinajstić information content (AvgIpc) is 3.02. The topological polar surface area (TPSA) is 81.8 Å². The lowest BCUT2D eigenvalue weighted by molar-refractivity contribution is -0.117. The Bertz CT molecular complexity index is 1250. The fraction of sp³-hybridized carbons (Fsp3) is 0.238. The lowest BCUT2D eigenvalue weighted by atomic mass is 10.1. The summed E-state index contributed by atoms with van der Waals surface area (Å²) in [5.74, 6) is 0.0956. The van der Waals surface area contributed by atoms with Gasteiger partial charge in [0.05, 0.1) is 22.6 Å². The molecule has 4 rings (SSSR count). The van der Waals surface area contributed by atoms with Crippen LogP contribution in [0.25, 0.3) is 21.8 Å². The first-order valence-corrected chi connectivity index (χ1v) is 9.07. The van der Waals surface area contributed by atoms with Crippen LogP contribution in [0.3, 0.4) is 0 Å². The normalized spacial score (nSPS) is 11.8. The predicted molar refractivity (Wildman–Crippen MR) is 109 cm³/mol. The van der Waals surface area contributed by atoms with Crippen molar-refractivity contribution in [1.29, 1.82) is 0 Å². The van der Waals surface area contributed by atoms with Gasteiger partial charge in [0.1, 0.15) is 6.54 Å². The summed E-state index contributed by atoms with van der Waals surface area (Å²) in [6.45, 7) is 5.96. The first kappa shape index (κ1) is 17.9. The Hall–Kier alpha value is -3.48. The Balaban J connectivity index is 1.66. The molecule has 4 aromatic rings. The van der Waals surface area contributed by atoms with Gasteiger partial charge in [0, 0.05) is 10.9 Å². The minimum absolute atomic E-state index is 0.184. The van der Waals surface area contributed by atoms with Gasteiger partial charge >= 0.3 is 0 Å². The molecule has 0 aliphatic carbocycles. The van der Waals surface area contributed by atoms with Crippen molar-refractivity contribution in [3.63, 3.8) is 0 Å². The Labute approximate surface area is 161 Å². The van der Waals surface area contributed by atoms with Crippen molar-refractivity contribution in [2.75, 3.05) is 5.32 Å². The molecule has 2 aromatic carbocycles. The number of hydrogen-bond acceptors (Lipinski definition) is 4. The maximum absolute atomic E-state index is 12.7. The zero-order chi connectivity index (χ0) is 19.9. The van der Waals surface area contributed by atoms with Crippen LogP contribution in [-0.2, 0) is 16.9 Å². The second-order valence-corrected chi connectivity index (χ2v) is 7.67. The number of carbonyl (C=O) groups is 1. The molecule has 7 nitrogen and oxygen atoms in total. The van der Waals surface area contributed by atoms with Crippen LogP contribution in [0.15, 0.2) is 59.5 Å². The van der Waals surface area contributed by atoms with Gasteiger partial charge in [0.25, 0.3) is 5.56 Å². The van der Waals surface area contributed by atoms with Gasteiger partial charge in [-0.2, -0.15) is 5.10 Å². The molecule has 2 heterocycles. The average molecular weight is 375 g/mol. The molecule has 1 N–H and O–H groups in total.